The Kier molecular flexibility index (Phi) is 5.88. The number of carbonyl (C=O) groups is 2. The number of carboxylic acids is 1. The summed E-state index contributed by atoms with van der Waals surface area (Å²) in [6.45, 7) is 6.79. The molecule has 26 heavy (non-hydrogen) atoms. The van der Waals surface area contributed by atoms with Crippen LogP contribution in [0.4, 0.5) is 0 Å². The lowest BCUT2D eigenvalue weighted by Gasteiger charge is -2.39. The van der Waals surface area contributed by atoms with Gasteiger partial charge < -0.3 is 14.9 Å². The summed E-state index contributed by atoms with van der Waals surface area (Å²) in [6.07, 6.45) is 0.429. The van der Waals surface area contributed by atoms with Gasteiger partial charge in [0.2, 0.25) is 5.91 Å². The van der Waals surface area contributed by atoms with Crippen molar-refractivity contribution >= 4 is 11.9 Å². The molecule has 0 bridgehead atoms. The Morgan fingerprint density at radius 2 is 1.85 bits per heavy atom. The van der Waals surface area contributed by atoms with Gasteiger partial charge in [0.1, 0.15) is 0 Å². The summed E-state index contributed by atoms with van der Waals surface area (Å²) in [5, 5.41) is 9.54. The van der Waals surface area contributed by atoms with Crippen molar-refractivity contribution in [1.29, 1.82) is 0 Å². The zero-order valence-corrected chi connectivity index (χ0v) is 15.6. The molecule has 2 aliphatic rings. The van der Waals surface area contributed by atoms with Gasteiger partial charge in [0, 0.05) is 51.5 Å². The van der Waals surface area contributed by atoms with Gasteiger partial charge in [-0.25, -0.2) is 0 Å². The second kappa shape index (κ2) is 8.14. The first kappa shape index (κ1) is 18.8. The monoisotopic (exact) mass is 360 g/mol. The van der Waals surface area contributed by atoms with Gasteiger partial charge in [-0.3, -0.25) is 19.5 Å². The zero-order valence-electron chi connectivity index (χ0n) is 15.6. The van der Waals surface area contributed by atoms with Crippen molar-refractivity contribution in [3.63, 3.8) is 0 Å². The van der Waals surface area contributed by atoms with Crippen molar-refractivity contribution in [2.75, 3.05) is 46.3 Å². The van der Waals surface area contributed by atoms with E-state index in [0.717, 1.165) is 37.6 Å². The van der Waals surface area contributed by atoms with Crippen LogP contribution in [0.25, 0.3) is 0 Å². The minimum absolute atomic E-state index is 0.103. The van der Waals surface area contributed by atoms with Crippen molar-refractivity contribution in [1.82, 2.24) is 19.7 Å². The maximum Gasteiger partial charge on any atom is 0.307 e. The second-order valence-electron chi connectivity index (χ2n) is 7.56. The first-order valence-electron chi connectivity index (χ1n) is 9.27. The largest absolute Gasteiger partial charge is 0.481 e. The number of carbonyl (C=O) groups excluding carboxylic acids is 1. The van der Waals surface area contributed by atoms with Crippen molar-refractivity contribution < 1.29 is 14.7 Å². The van der Waals surface area contributed by atoms with Crippen molar-refractivity contribution in [2.24, 2.45) is 11.8 Å². The molecule has 1 aromatic rings. The molecular weight excluding hydrogens is 332 g/mol. The third-order valence-corrected chi connectivity index (χ3v) is 5.37. The molecule has 1 aromatic heterocycles. The molecule has 0 aliphatic carbocycles. The molecule has 3 heterocycles. The summed E-state index contributed by atoms with van der Waals surface area (Å²) in [6, 6.07) is 5.86. The molecule has 0 radical (unpaired) electrons. The third kappa shape index (κ3) is 4.59. The van der Waals surface area contributed by atoms with Crippen LogP contribution in [0.2, 0.25) is 0 Å². The van der Waals surface area contributed by atoms with Crippen LogP contribution < -0.4 is 0 Å². The van der Waals surface area contributed by atoms with E-state index in [1.165, 1.54) is 0 Å². The number of likely N-dealkylation sites (tertiary alicyclic amines) is 1. The number of aryl methyl sites for hydroxylation is 1. The number of amides is 1. The Balaban J connectivity index is 1.69. The lowest BCUT2D eigenvalue weighted by molar-refractivity contribution is -0.148. The Hall–Kier alpha value is -1.99. The fourth-order valence-corrected chi connectivity index (χ4v) is 3.88. The predicted octanol–water partition coefficient (Wildman–Crippen LogP) is 0.687. The molecular formula is C19H28N4O3. The minimum Gasteiger partial charge on any atom is -0.481 e. The number of likely N-dealkylation sites (N-methyl/N-ethyl adjacent to an activating group) is 1. The van der Waals surface area contributed by atoms with Gasteiger partial charge in [-0.1, -0.05) is 6.07 Å². The molecule has 2 saturated heterocycles. The highest BCUT2D eigenvalue weighted by molar-refractivity contribution is 5.80. The highest BCUT2D eigenvalue weighted by Crippen LogP contribution is 2.25. The highest BCUT2D eigenvalue weighted by atomic mass is 16.4. The van der Waals surface area contributed by atoms with E-state index in [2.05, 4.69) is 21.8 Å². The molecule has 2 atom stereocenters. The summed E-state index contributed by atoms with van der Waals surface area (Å²) < 4.78 is 0. The van der Waals surface area contributed by atoms with E-state index >= 15 is 0 Å². The standard InChI is InChI=1S/C19H28N4O3/c1-14-4-3-5-17(20-14)13-22-11-15(10-16(12-22)19(25)26)18(24)23-8-6-21(2)7-9-23/h3-5,15-16H,6-13H2,1-2H3,(H,25,26)/t15-,16+/m1/s1. The van der Waals surface area contributed by atoms with E-state index < -0.39 is 11.9 Å². The van der Waals surface area contributed by atoms with Gasteiger partial charge in [-0.15, -0.1) is 0 Å². The Labute approximate surface area is 154 Å². The number of piperidine rings is 1. The number of aliphatic carboxylic acids is 1. The summed E-state index contributed by atoms with van der Waals surface area (Å²) >= 11 is 0. The van der Waals surface area contributed by atoms with E-state index in [1.807, 2.05) is 30.0 Å². The first-order valence-corrected chi connectivity index (χ1v) is 9.27. The van der Waals surface area contributed by atoms with Gasteiger partial charge in [0.25, 0.3) is 0 Å². The summed E-state index contributed by atoms with van der Waals surface area (Å²) in [7, 11) is 2.06. The lowest BCUT2D eigenvalue weighted by atomic mass is 9.88. The number of aromatic nitrogens is 1. The maximum absolute atomic E-state index is 13.0. The molecule has 7 nitrogen and oxygen atoms in total. The number of hydrogen-bond acceptors (Lipinski definition) is 5. The van der Waals surface area contributed by atoms with Crippen LogP contribution in [0.5, 0.6) is 0 Å². The fourth-order valence-electron chi connectivity index (χ4n) is 3.88. The number of hydrogen-bond donors (Lipinski definition) is 1. The average Bonchev–Trinajstić information content (AvgIpc) is 2.61. The van der Waals surface area contributed by atoms with Crippen LogP contribution in [0.3, 0.4) is 0 Å². The summed E-state index contributed by atoms with van der Waals surface area (Å²) in [5.41, 5.74) is 1.86. The SMILES string of the molecule is Cc1cccc(CN2C[C@@H](C(=O)O)C[C@@H](C(=O)N3CCN(C)CC3)C2)n1. The van der Waals surface area contributed by atoms with Gasteiger partial charge in [0.15, 0.2) is 0 Å². The quantitative estimate of drug-likeness (QED) is 0.851. The molecule has 7 heteroatoms. The van der Waals surface area contributed by atoms with Crippen LogP contribution >= 0.6 is 0 Å². The molecule has 2 fully saturated rings. The van der Waals surface area contributed by atoms with Crippen molar-refractivity contribution in [3.8, 4) is 0 Å². The molecule has 1 N–H and O–H groups in total. The molecule has 0 spiro atoms. The predicted molar refractivity (Wildman–Crippen MR) is 97.6 cm³/mol. The normalized spacial score (nSPS) is 25.2. The molecule has 3 rings (SSSR count). The van der Waals surface area contributed by atoms with Crippen LogP contribution in [-0.2, 0) is 16.1 Å². The fraction of sp³-hybridized carbons (Fsp3) is 0.632. The Morgan fingerprint density at radius 3 is 2.50 bits per heavy atom. The number of rotatable bonds is 4. The molecule has 142 valence electrons. The van der Waals surface area contributed by atoms with Crippen LogP contribution in [0, 0.1) is 18.8 Å². The van der Waals surface area contributed by atoms with Crippen LogP contribution in [0.15, 0.2) is 18.2 Å². The average molecular weight is 360 g/mol. The van der Waals surface area contributed by atoms with Crippen molar-refractivity contribution in [3.05, 3.63) is 29.6 Å². The molecule has 0 unspecified atom stereocenters. The first-order chi connectivity index (χ1) is 12.4. The summed E-state index contributed by atoms with van der Waals surface area (Å²) in [5.74, 6) is -1.47. The molecule has 0 aromatic carbocycles. The van der Waals surface area contributed by atoms with E-state index in [-0.39, 0.29) is 11.8 Å². The topological polar surface area (TPSA) is 77.0 Å². The van der Waals surface area contributed by atoms with Gasteiger partial charge in [-0.2, -0.15) is 0 Å². The Bertz CT molecular complexity index is 658. The molecule has 2 aliphatic heterocycles. The number of nitrogens with zero attached hydrogens (tertiary/aromatic N) is 4. The van der Waals surface area contributed by atoms with Gasteiger partial charge in [0.05, 0.1) is 17.5 Å². The Morgan fingerprint density at radius 1 is 1.15 bits per heavy atom. The smallest absolute Gasteiger partial charge is 0.307 e. The molecule has 1 amide bonds. The highest BCUT2D eigenvalue weighted by Gasteiger charge is 2.37. The number of piperazine rings is 1. The van der Waals surface area contributed by atoms with E-state index in [0.29, 0.717) is 26.1 Å². The number of carboxylic acid groups (broad SMARTS) is 1. The zero-order chi connectivity index (χ0) is 18.7. The van der Waals surface area contributed by atoms with Gasteiger partial charge >= 0.3 is 5.97 Å². The van der Waals surface area contributed by atoms with Gasteiger partial charge in [-0.05, 0) is 32.5 Å². The molecule has 0 saturated carbocycles. The van der Waals surface area contributed by atoms with Crippen molar-refractivity contribution in [2.45, 2.75) is 19.9 Å². The van der Waals surface area contributed by atoms with Crippen LogP contribution in [0.1, 0.15) is 17.8 Å². The second-order valence-corrected chi connectivity index (χ2v) is 7.56. The maximum atomic E-state index is 13.0. The minimum atomic E-state index is -0.817. The third-order valence-electron chi connectivity index (χ3n) is 5.37. The van der Waals surface area contributed by atoms with E-state index in [4.69, 9.17) is 0 Å². The van der Waals surface area contributed by atoms with Crippen LogP contribution in [-0.4, -0.2) is 83.0 Å². The van der Waals surface area contributed by atoms with E-state index in [1.54, 1.807) is 0 Å². The summed E-state index contributed by atoms with van der Waals surface area (Å²) in [4.78, 5) is 35.3. The number of pyridine rings is 1. The van der Waals surface area contributed by atoms with E-state index in [9.17, 15) is 14.7 Å². The lowest BCUT2D eigenvalue weighted by Crippen LogP contribution is -2.53.